The molecule has 0 saturated carbocycles. The fraction of sp³-hybridized carbons (Fsp3) is 0.273. The number of carbonyl (C=O) groups is 1. The van der Waals surface area contributed by atoms with Crippen molar-refractivity contribution in [3.8, 4) is 11.4 Å². The lowest BCUT2D eigenvalue weighted by Gasteiger charge is -2.35. The van der Waals surface area contributed by atoms with Crippen LogP contribution < -0.4 is 4.90 Å². The molecule has 0 aliphatic carbocycles. The van der Waals surface area contributed by atoms with E-state index in [1.165, 1.54) is 0 Å². The van der Waals surface area contributed by atoms with Gasteiger partial charge in [-0.1, -0.05) is 23.4 Å². The highest BCUT2D eigenvalue weighted by molar-refractivity contribution is 8.00. The van der Waals surface area contributed by atoms with Crippen molar-refractivity contribution in [3.63, 3.8) is 0 Å². The van der Waals surface area contributed by atoms with Gasteiger partial charge < -0.3 is 19.3 Å². The number of nitrogens with one attached hydrogen (secondary N) is 1. The van der Waals surface area contributed by atoms with Gasteiger partial charge >= 0.3 is 0 Å². The fourth-order valence-corrected chi connectivity index (χ4v) is 4.64. The number of benzene rings is 1. The molecule has 5 rings (SSSR count). The van der Waals surface area contributed by atoms with Gasteiger partial charge in [0.1, 0.15) is 5.82 Å². The molecule has 3 aromatic heterocycles. The third-order valence-electron chi connectivity index (χ3n) is 5.39. The molecule has 1 saturated heterocycles. The Morgan fingerprint density at radius 2 is 2.00 bits per heavy atom. The maximum atomic E-state index is 12.7. The number of amides is 1. The Morgan fingerprint density at radius 1 is 1.16 bits per heavy atom. The summed E-state index contributed by atoms with van der Waals surface area (Å²) in [6.07, 6.45) is 3.74. The molecule has 158 valence electrons. The monoisotopic (exact) mass is 434 g/mol. The minimum atomic E-state index is 0.172. The Hall–Kier alpha value is -3.33. The number of thioether (sulfide) groups is 1. The van der Waals surface area contributed by atoms with Gasteiger partial charge in [-0.15, -0.1) is 11.8 Å². The molecule has 1 aliphatic rings. The second-order valence-electron chi connectivity index (χ2n) is 7.40. The highest BCUT2D eigenvalue weighted by atomic mass is 32.2. The van der Waals surface area contributed by atoms with Crippen molar-refractivity contribution >= 4 is 34.4 Å². The number of aryl methyl sites for hydroxylation is 1. The van der Waals surface area contributed by atoms with Crippen molar-refractivity contribution < 1.29 is 9.32 Å². The van der Waals surface area contributed by atoms with Gasteiger partial charge in [0.05, 0.1) is 5.75 Å². The number of hydrogen-bond donors (Lipinski definition) is 1. The van der Waals surface area contributed by atoms with Crippen LogP contribution in [0.15, 0.2) is 58.2 Å². The molecule has 0 bridgehead atoms. The van der Waals surface area contributed by atoms with E-state index in [2.05, 4.69) is 31.1 Å². The Labute approximate surface area is 183 Å². The lowest BCUT2D eigenvalue weighted by Crippen LogP contribution is -2.49. The number of anilines is 1. The minimum Gasteiger partial charge on any atom is -0.360 e. The highest BCUT2D eigenvalue weighted by Crippen LogP contribution is 2.28. The molecule has 31 heavy (non-hydrogen) atoms. The largest absolute Gasteiger partial charge is 0.360 e. The topological polar surface area (TPSA) is 91.2 Å². The molecule has 8 nitrogen and oxygen atoms in total. The first kappa shape index (κ1) is 19.6. The number of pyridine rings is 1. The molecule has 4 heterocycles. The van der Waals surface area contributed by atoms with E-state index in [1.54, 1.807) is 24.9 Å². The van der Waals surface area contributed by atoms with E-state index < -0.39 is 0 Å². The van der Waals surface area contributed by atoms with Gasteiger partial charge in [0.15, 0.2) is 0 Å². The van der Waals surface area contributed by atoms with Crippen LogP contribution >= 0.6 is 11.8 Å². The standard InChI is InChI=1S/C22H22N6O2S/c1-15-25-22(26-30-15)16-6-7-20(24-12-16)27-8-10-28(11-9-27)21(29)14-31-19-13-23-18-5-3-2-4-17(18)19/h2-7,12-13,23H,8-11,14H2,1H3. The van der Waals surface area contributed by atoms with E-state index >= 15 is 0 Å². The SMILES string of the molecule is Cc1nc(-c2ccc(N3CCN(C(=O)CSc4c[nH]c5ccccc45)CC3)nc2)no1. The second kappa shape index (κ2) is 8.43. The summed E-state index contributed by atoms with van der Waals surface area (Å²) in [5.74, 6) is 2.58. The van der Waals surface area contributed by atoms with Gasteiger partial charge in [-0.25, -0.2) is 4.98 Å². The average molecular weight is 435 g/mol. The molecule has 4 aromatic rings. The van der Waals surface area contributed by atoms with Gasteiger partial charge in [-0.05, 0) is 18.2 Å². The van der Waals surface area contributed by atoms with Crippen molar-refractivity contribution in [2.45, 2.75) is 11.8 Å². The Morgan fingerprint density at radius 3 is 2.74 bits per heavy atom. The van der Waals surface area contributed by atoms with Crippen LogP contribution in [0.4, 0.5) is 5.82 Å². The van der Waals surface area contributed by atoms with Crippen LogP contribution in [0.5, 0.6) is 0 Å². The quantitative estimate of drug-likeness (QED) is 0.482. The van der Waals surface area contributed by atoms with Crippen LogP contribution in [0.1, 0.15) is 5.89 Å². The first-order chi connectivity index (χ1) is 15.2. The number of aromatic amines is 1. The van der Waals surface area contributed by atoms with E-state index in [0.717, 1.165) is 40.3 Å². The molecule has 0 spiro atoms. The maximum absolute atomic E-state index is 12.7. The second-order valence-corrected chi connectivity index (χ2v) is 8.41. The lowest BCUT2D eigenvalue weighted by molar-refractivity contribution is -0.128. The number of piperazine rings is 1. The molecule has 0 atom stereocenters. The summed E-state index contributed by atoms with van der Waals surface area (Å²) in [4.78, 5) is 30.0. The molecule has 9 heteroatoms. The third kappa shape index (κ3) is 4.13. The average Bonchev–Trinajstić information content (AvgIpc) is 3.44. The van der Waals surface area contributed by atoms with Crippen LogP contribution in [0.25, 0.3) is 22.3 Å². The van der Waals surface area contributed by atoms with E-state index in [9.17, 15) is 4.79 Å². The van der Waals surface area contributed by atoms with E-state index in [-0.39, 0.29) is 5.91 Å². The number of nitrogens with zero attached hydrogens (tertiary/aromatic N) is 5. The summed E-state index contributed by atoms with van der Waals surface area (Å²) < 4.78 is 5.02. The molecule has 1 aliphatic heterocycles. The zero-order chi connectivity index (χ0) is 21.2. The van der Waals surface area contributed by atoms with Crippen molar-refractivity contribution in [1.82, 2.24) is 25.0 Å². The van der Waals surface area contributed by atoms with Crippen LogP contribution in [0, 0.1) is 6.92 Å². The van der Waals surface area contributed by atoms with Gasteiger partial charge in [-0.3, -0.25) is 4.79 Å². The maximum Gasteiger partial charge on any atom is 0.233 e. The molecule has 1 fully saturated rings. The van der Waals surface area contributed by atoms with Crippen LogP contribution in [0.2, 0.25) is 0 Å². The first-order valence-corrected chi connectivity index (χ1v) is 11.1. The normalized spacial score (nSPS) is 14.4. The molecule has 1 N–H and O–H groups in total. The lowest BCUT2D eigenvalue weighted by atomic mass is 10.2. The zero-order valence-corrected chi connectivity index (χ0v) is 17.9. The van der Waals surface area contributed by atoms with Gasteiger partial charge in [0, 0.05) is 66.9 Å². The summed E-state index contributed by atoms with van der Waals surface area (Å²) in [6.45, 7) is 4.67. The molecule has 1 aromatic carbocycles. The number of aromatic nitrogens is 4. The molecular weight excluding hydrogens is 412 g/mol. The van der Waals surface area contributed by atoms with Crippen molar-refractivity contribution in [3.05, 3.63) is 54.7 Å². The van der Waals surface area contributed by atoms with E-state index in [0.29, 0.717) is 30.6 Å². The van der Waals surface area contributed by atoms with Crippen LogP contribution in [-0.2, 0) is 4.79 Å². The summed E-state index contributed by atoms with van der Waals surface area (Å²) in [5.41, 5.74) is 1.92. The van der Waals surface area contributed by atoms with Crippen LogP contribution in [0.3, 0.4) is 0 Å². The Bertz CT molecular complexity index is 1190. The Balaban J connectivity index is 1.15. The van der Waals surface area contributed by atoms with Gasteiger partial charge in [0.2, 0.25) is 17.6 Å². The highest BCUT2D eigenvalue weighted by Gasteiger charge is 2.22. The van der Waals surface area contributed by atoms with Crippen molar-refractivity contribution in [1.29, 1.82) is 0 Å². The number of hydrogen-bond acceptors (Lipinski definition) is 7. The molecule has 0 radical (unpaired) electrons. The summed E-state index contributed by atoms with van der Waals surface area (Å²) >= 11 is 1.59. The Kier molecular flexibility index (Phi) is 5.33. The number of fused-ring (bicyclic) bond motifs is 1. The van der Waals surface area contributed by atoms with Crippen molar-refractivity contribution in [2.75, 3.05) is 36.8 Å². The smallest absolute Gasteiger partial charge is 0.233 e. The third-order valence-corrected chi connectivity index (χ3v) is 6.43. The fourth-order valence-electron chi connectivity index (χ4n) is 3.70. The minimum absolute atomic E-state index is 0.172. The molecule has 1 amide bonds. The number of H-pyrrole nitrogens is 1. The van der Waals surface area contributed by atoms with Crippen LogP contribution in [-0.4, -0.2) is 62.8 Å². The van der Waals surface area contributed by atoms with Gasteiger partial charge in [0.25, 0.3) is 0 Å². The molecule has 0 unspecified atom stereocenters. The first-order valence-electron chi connectivity index (χ1n) is 10.2. The van der Waals surface area contributed by atoms with Crippen molar-refractivity contribution in [2.24, 2.45) is 0 Å². The van der Waals surface area contributed by atoms with E-state index in [1.807, 2.05) is 41.4 Å². The predicted octanol–water partition coefficient (Wildman–Crippen LogP) is 3.36. The summed E-state index contributed by atoms with van der Waals surface area (Å²) in [7, 11) is 0. The summed E-state index contributed by atoms with van der Waals surface area (Å²) in [6, 6.07) is 12.1. The summed E-state index contributed by atoms with van der Waals surface area (Å²) in [5, 5.41) is 5.08. The number of rotatable bonds is 5. The zero-order valence-electron chi connectivity index (χ0n) is 17.1. The molecular formula is C22H22N6O2S. The van der Waals surface area contributed by atoms with E-state index in [4.69, 9.17) is 4.52 Å². The van der Waals surface area contributed by atoms with Gasteiger partial charge in [-0.2, -0.15) is 4.98 Å². The number of para-hydroxylation sites is 1. The predicted molar refractivity (Wildman–Crippen MR) is 120 cm³/mol. The number of carbonyl (C=O) groups excluding carboxylic acids is 1.